The molecule has 1 N–H and O–H groups in total. The van der Waals surface area contributed by atoms with E-state index in [1.165, 1.54) is 29.7 Å². The predicted octanol–water partition coefficient (Wildman–Crippen LogP) is 3.82. The molecule has 0 spiro atoms. The molecule has 1 aromatic heterocycles. The SMILES string of the molecule is CCCn1c(C2CC(C)CCN2)nc2cc(C)ccc21. The van der Waals surface area contributed by atoms with E-state index in [0.717, 1.165) is 30.9 Å². The third-order valence-corrected chi connectivity index (χ3v) is 4.36. The number of rotatable bonds is 3. The van der Waals surface area contributed by atoms with Crippen LogP contribution in [-0.2, 0) is 6.54 Å². The summed E-state index contributed by atoms with van der Waals surface area (Å²) in [6.07, 6.45) is 3.63. The molecular formula is C17H25N3. The van der Waals surface area contributed by atoms with E-state index < -0.39 is 0 Å². The van der Waals surface area contributed by atoms with Crippen LogP contribution in [0.2, 0.25) is 0 Å². The molecule has 0 amide bonds. The Morgan fingerprint density at radius 2 is 2.25 bits per heavy atom. The van der Waals surface area contributed by atoms with Crippen LogP contribution >= 0.6 is 0 Å². The van der Waals surface area contributed by atoms with Crippen LogP contribution < -0.4 is 5.32 Å². The molecule has 1 fully saturated rings. The number of hydrogen-bond donors (Lipinski definition) is 1. The Morgan fingerprint density at radius 3 is 3.00 bits per heavy atom. The van der Waals surface area contributed by atoms with E-state index in [0.29, 0.717) is 6.04 Å². The lowest BCUT2D eigenvalue weighted by Gasteiger charge is -2.28. The summed E-state index contributed by atoms with van der Waals surface area (Å²) >= 11 is 0. The van der Waals surface area contributed by atoms with E-state index in [4.69, 9.17) is 4.98 Å². The van der Waals surface area contributed by atoms with Crippen molar-refractivity contribution in [3.63, 3.8) is 0 Å². The van der Waals surface area contributed by atoms with Crippen LogP contribution in [0, 0.1) is 12.8 Å². The second-order valence-electron chi connectivity index (χ2n) is 6.25. The monoisotopic (exact) mass is 271 g/mol. The first-order valence-corrected chi connectivity index (χ1v) is 7.89. The van der Waals surface area contributed by atoms with Gasteiger partial charge in [0.1, 0.15) is 5.82 Å². The van der Waals surface area contributed by atoms with Crippen LogP contribution in [0.15, 0.2) is 18.2 Å². The van der Waals surface area contributed by atoms with Gasteiger partial charge in [-0.15, -0.1) is 0 Å². The van der Waals surface area contributed by atoms with Gasteiger partial charge in [0, 0.05) is 6.54 Å². The van der Waals surface area contributed by atoms with Crippen molar-refractivity contribution < 1.29 is 0 Å². The molecule has 1 aromatic carbocycles. The van der Waals surface area contributed by atoms with Crippen molar-refractivity contribution in [2.45, 2.75) is 52.6 Å². The molecule has 0 bridgehead atoms. The summed E-state index contributed by atoms with van der Waals surface area (Å²) in [4.78, 5) is 4.95. The highest BCUT2D eigenvalue weighted by atomic mass is 15.1. The van der Waals surface area contributed by atoms with Gasteiger partial charge in [0.05, 0.1) is 17.1 Å². The third kappa shape index (κ3) is 2.47. The van der Waals surface area contributed by atoms with E-state index in [-0.39, 0.29) is 0 Å². The van der Waals surface area contributed by atoms with Crippen molar-refractivity contribution in [3.8, 4) is 0 Å². The standard InChI is InChI=1S/C17H25N3/c1-4-9-20-16-6-5-12(2)10-14(16)19-17(20)15-11-13(3)7-8-18-15/h5-6,10,13,15,18H,4,7-9,11H2,1-3H3. The smallest absolute Gasteiger partial charge is 0.127 e. The summed E-state index contributed by atoms with van der Waals surface area (Å²) < 4.78 is 2.42. The summed E-state index contributed by atoms with van der Waals surface area (Å²) in [5.74, 6) is 2.02. The zero-order valence-electron chi connectivity index (χ0n) is 12.8. The fraction of sp³-hybridized carbons (Fsp3) is 0.588. The Labute approximate surface area is 121 Å². The lowest BCUT2D eigenvalue weighted by atomic mass is 9.94. The van der Waals surface area contributed by atoms with Crippen molar-refractivity contribution in [2.75, 3.05) is 6.54 Å². The van der Waals surface area contributed by atoms with Crippen molar-refractivity contribution in [2.24, 2.45) is 5.92 Å². The van der Waals surface area contributed by atoms with Gasteiger partial charge in [-0.1, -0.05) is 19.9 Å². The maximum Gasteiger partial charge on any atom is 0.127 e. The number of hydrogen-bond acceptors (Lipinski definition) is 2. The normalized spacial score (nSPS) is 23.4. The molecule has 2 heterocycles. The molecule has 20 heavy (non-hydrogen) atoms. The molecule has 1 aliphatic rings. The molecule has 3 heteroatoms. The highest BCUT2D eigenvalue weighted by Gasteiger charge is 2.24. The summed E-state index contributed by atoms with van der Waals surface area (Å²) in [5.41, 5.74) is 3.72. The number of nitrogens with one attached hydrogen (secondary N) is 1. The first-order valence-electron chi connectivity index (χ1n) is 7.89. The van der Waals surface area contributed by atoms with Gasteiger partial charge < -0.3 is 9.88 Å². The van der Waals surface area contributed by atoms with E-state index >= 15 is 0 Å². The maximum absolute atomic E-state index is 4.95. The Balaban J connectivity index is 2.06. The molecule has 2 aromatic rings. The number of benzene rings is 1. The summed E-state index contributed by atoms with van der Waals surface area (Å²) in [6, 6.07) is 7.04. The Hall–Kier alpha value is -1.35. The molecule has 3 rings (SSSR count). The highest BCUT2D eigenvalue weighted by Crippen LogP contribution is 2.29. The Kier molecular flexibility index (Phi) is 3.79. The number of imidazole rings is 1. The zero-order chi connectivity index (χ0) is 14.1. The molecule has 3 nitrogen and oxygen atoms in total. The van der Waals surface area contributed by atoms with Gasteiger partial charge in [0.2, 0.25) is 0 Å². The molecular weight excluding hydrogens is 246 g/mol. The third-order valence-electron chi connectivity index (χ3n) is 4.36. The average molecular weight is 271 g/mol. The van der Waals surface area contributed by atoms with Gasteiger partial charge in [0.15, 0.2) is 0 Å². The minimum atomic E-state index is 0.415. The minimum Gasteiger partial charge on any atom is -0.327 e. The van der Waals surface area contributed by atoms with Gasteiger partial charge in [-0.25, -0.2) is 4.98 Å². The molecule has 108 valence electrons. The summed E-state index contributed by atoms with van der Waals surface area (Å²) in [5, 5.41) is 3.66. The number of fused-ring (bicyclic) bond motifs is 1. The lowest BCUT2D eigenvalue weighted by molar-refractivity contribution is 0.310. The second kappa shape index (κ2) is 5.57. The van der Waals surface area contributed by atoms with Crippen molar-refractivity contribution in [1.82, 2.24) is 14.9 Å². The van der Waals surface area contributed by atoms with E-state index in [9.17, 15) is 0 Å². The highest BCUT2D eigenvalue weighted by molar-refractivity contribution is 5.77. The minimum absolute atomic E-state index is 0.415. The van der Waals surface area contributed by atoms with Gasteiger partial charge in [-0.05, 0) is 56.3 Å². The first kappa shape index (κ1) is 13.6. The topological polar surface area (TPSA) is 29.9 Å². The van der Waals surface area contributed by atoms with E-state index in [1.54, 1.807) is 0 Å². The number of aromatic nitrogens is 2. The number of piperidine rings is 1. The Morgan fingerprint density at radius 1 is 1.40 bits per heavy atom. The van der Waals surface area contributed by atoms with Crippen LogP contribution in [-0.4, -0.2) is 16.1 Å². The van der Waals surface area contributed by atoms with Gasteiger partial charge in [0.25, 0.3) is 0 Å². The molecule has 0 radical (unpaired) electrons. The fourth-order valence-electron chi connectivity index (χ4n) is 3.29. The second-order valence-corrected chi connectivity index (χ2v) is 6.25. The largest absolute Gasteiger partial charge is 0.327 e. The van der Waals surface area contributed by atoms with E-state index in [2.05, 4.69) is 48.9 Å². The quantitative estimate of drug-likeness (QED) is 0.920. The number of aryl methyl sites for hydroxylation is 2. The van der Waals surface area contributed by atoms with Crippen LogP contribution in [0.1, 0.15) is 50.5 Å². The molecule has 0 aliphatic carbocycles. The fourth-order valence-corrected chi connectivity index (χ4v) is 3.29. The summed E-state index contributed by atoms with van der Waals surface area (Å²) in [7, 11) is 0. The molecule has 2 atom stereocenters. The Bertz CT molecular complexity index is 600. The van der Waals surface area contributed by atoms with Gasteiger partial charge >= 0.3 is 0 Å². The van der Waals surface area contributed by atoms with Crippen LogP contribution in [0.5, 0.6) is 0 Å². The summed E-state index contributed by atoms with van der Waals surface area (Å²) in [6.45, 7) is 8.89. The lowest BCUT2D eigenvalue weighted by Crippen LogP contribution is -2.32. The van der Waals surface area contributed by atoms with Crippen LogP contribution in [0.3, 0.4) is 0 Å². The van der Waals surface area contributed by atoms with Gasteiger partial charge in [-0.2, -0.15) is 0 Å². The van der Waals surface area contributed by atoms with Crippen LogP contribution in [0.4, 0.5) is 0 Å². The molecule has 0 saturated carbocycles. The van der Waals surface area contributed by atoms with Crippen LogP contribution in [0.25, 0.3) is 11.0 Å². The zero-order valence-corrected chi connectivity index (χ0v) is 12.8. The predicted molar refractivity (Wildman–Crippen MR) is 83.9 cm³/mol. The number of nitrogens with zero attached hydrogens (tertiary/aromatic N) is 2. The maximum atomic E-state index is 4.95. The average Bonchev–Trinajstić information content (AvgIpc) is 2.77. The van der Waals surface area contributed by atoms with Crippen molar-refractivity contribution >= 4 is 11.0 Å². The van der Waals surface area contributed by atoms with Crippen molar-refractivity contribution in [1.29, 1.82) is 0 Å². The van der Waals surface area contributed by atoms with Gasteiger partial charge in [-0.3, -0.25) is 0 Å². The molecule has 1 saturated heterocycles. The van der Waals surface area contributed by atoms with E-state index in [1.807, 2.05) is 0 Å². The first-order chi connectivity index (χ1) is 9.69. The van der Waals surface area contributed by atoms with Crippen molar-refractivity contribution in [3.05, 3.63) is 29.6 Å². The molecule has 1 aliphatic heterocycles. The molecule has 2 unspecified atom stereocenters.